The lowest BCUT2D eigenvalue weighted by atomic mass is 9.87. The molecule has 5 heterocycles. The van der Waals surface area contributed by atoms with Crippen molar-refractivity contribution in [2.24, 2.45) is 5.92 Å². The number of sulfonamides is 1. The van der Waals surface area contributed by atoms with Gasteiger partial charge in [-0.3, -0.25) is 28.6 Å². The molecular weight excluding hydrogens is 763 g/mol. The molecule has 1 spiro atoms. The van der Waals surface area contributed by atoms with Gasteiger partial charge in [0.1, 0.15) is 40.4 Å². The summed E-state index contributed by atoms with van der Waals surface area (Å²) >= 11 is 0. The van der Waals surface area contributed by atoms with Gasteiger partial charge in [0.25, 0.3) is 11.8 Å². The van der Waals surface area contributed by atoms with Crippen LogP contribution in [0.1, 0.15) is 107 Å². The standard InChI is InChI=1S/C42H53N7O8S/c1-5-30-35-28(29-22-27(56-4)14-15-31(29)43-30)16-18-41(57-35)24-34-37(51)45-42(39(53)47-58(54,55)40(3)19-20-40)23-26(42)12-10-8-7-9-11-13-33(38(52)49(34)25-41)44-36(50)32-17-21-48(6-2)46-32/h10,12,14-15,17,21-22,26,33-34H,5-9,11,13,16,18-20,23-25H2,1-4H3,(H,44,50)(H,45,51)(H,47,53). The monoisotopic (exact) mass is 815 g/mol. The zero-order valence-corrected chi connectivity index (χ0v) is 34.5. The molecule has 2 saturated carbocycles. The van der Waals surface area contributed by atoms with E-state index in [9.17, 15) is 27.6 Å². The molecule has 4 amide bonds. The maximum absolute atomic E-state index is 14.9. The number of aryl methyl sites for hydroxylation is 3. The first kappa shape index (κ1) is 39.8. The number of nitrogens with one attached hydrogen (secondary N) is 3. The van der Waals surface area contributed by atoms with Crippen molar-refractivity contribution in [3.8, 4) is 11.5 Å². The number of ether oxygens (including phenoxy) is 2. The van der Waals surface area contributed by atoms with Crippen molar-refractivity contribution in [1.29, 1.82) is 0 Å². The second kappa shape index (κ2) is 15.0. The van der Waals surface area contributed by atoms with Crippen molar-refractivity contribution in [3.63, 3.8) is 0 Å². The van der Waals surface area contributed by atoms with Gasteiger partial charge in [-0.1, -0.05) is 31.9 Å². The SMILES string of the molecule is CCc1nc2ccc(OC)cc2c2c1OC1(CC2)CC2C(=O)NC3(C(=O)NS(=O)(=O)C4(C)CC4)CC3C=CCCCCCC(NC(=O)c3ccn(CC)n3)C(=O)N2C1. The van der Waals surface area contributed by atoms with Crippen LogP contribution in [0.15, 0.2) is 42.6 Å². The van der Waals surface area contributed by atoms with Gasteiger partial charge in [0.15, 0.2) is 0 Å². The first-order chi connectivity index (χ1) is 27.7. The first-order valence-corrected chi connectivity index (χ1v) is 22.1. The van der Waals surface area contributed by atoms with Gasteiger partial charge in [-0.2, -0.15) is 5.10 Å². The van der Waals surface area contributed by atoms with Crippen LogP contribution in [-0.2, 0) is 43.8 Å². The van der Waals surface area contributed by atoms with Crippen LogP contribution in [-0.4, -0.2) is 93.3 Å². The van der Waals surface area contributed by atoms with E-state index in [0.29, 0.717) is 69.4 Å². The molecule has 1 saturated heterocycles. The average molecular weight is 816 g/mol. The Morgan fingerprint density at radius 2 is 1.90 bits per heavy atom. The molecule has 3 aliphatic heterocycles. The summed E-state index contributed by atoms with van der Waals surface area (Å²) < 4.78 is 42.0. The van der Waals surface area contributed by atoms with E-state index in [2.05, 4.69) is 20.5 Å². The Morgan fingerprint density at radius 3 is 2.62 bits per heavy atom. The summed E-state index contributed by atoms with van der Waals surface area (Å²) in [6, 6.07) is 5.29. The zero-order chi connectivity index (χ0) is 41.0. The third-order valence-electron chi connectivity index (χ3n) is 12.9. The van der Waals surface area contributed by atoms with Crippen LogP contribution in [0, 0.1) is 5.92 Å². The van der Waals surface area contributed by atoms with E-state index in [0.717, 1.165) is 35.0 Å². The summed E-state index contributed by atoms with van der Waals surface area (Å²) in [7, 11) is -2.38. The van der Waals surface area contributed by atoms with Crippen LogP contribution >= 0.6 is 0 Å². The van der Waals surface area contributed by atoms with Gasteiger partial charge in [-0.05, 0) is 95.9 Å². The molecule has 15 nitrogen and oxygen atoms in total. The molecule has 58 heavy (non-hydrogen) atoms. The number of rotatable bonds is 8. The summed E-state index contributed by atoms with van der Waals surface area (Å²) in [6.45, 7) is 6.14. The first-order valence-electron chi connectivity index (χ1n) is 20.6. The van der Waals surface area contributed by atoms with Gasteiger partial charge in [0.05, 0.1) is 29.6 Å². The Morgan fingerprint density at radius 1 is 1.09 bits per heavy atom. The second-order valence-corrected chi connectivity index (χ2v) is 19.1. The number of carbonyl (C=O) groups is 4. The van der Waals surface area contributed by atoms with Crippen molar-refractivity contribution >= 4 is 44.6 Å². The quantitative estimate of drug-likeness (QED) is 0.282. The fraction of sp³-hybridized carbons (Fsp3) is 0.571. The molecule has 3 aromatic rings. The summed E-state index contributed by atoms with van der Waals surface area (Å²) in [6.07, 6.45) is 11.7. The number of aromatic nitrogens is 3. The van der Waals surface area contributed by atoms with Gasteiger partial charge in [0.2, 0.25) is 21.8 Å². The lowest BCUT2D eigenvalue weighted by Crippen LogP contribution is -2.58. The Kier molecular flexibility index (Phi) is 10.3. The van der Waals surface area contributed by atoms with E-state index in [-0.39, 0.29) is 25.1 Å². The summed E-state index contributed by atoms with van der Waals surface area (Å²) in [5.74, 6) is -1.40. The van der Waals surface area contributed by atoms with Crippen LogP contribution in [0.2, 0.25) is 0 Å². The lowest BCUT2D eigenvalue weighted by Gasteiger charge is -2.37. The maximum atomic E-state index is 14.9. The van der Waals surface area contributed by atoms with Crippen molar-refractivity contribution in [2.75, 3.05) is 13.7 Å². The molecule has 5 atom stereocenters. The fourth-order valence-electron chi connectivity index (χ4n) is 8.83. The Bertz CT molecular complexity index is 2300. The molecule has 16 heteroatoms. The number of methoxy groups -OCH3 is 1. The number of benzene rings is 1. The van der Waals surface area contributed by atoms with Gasteiger partial charge in [-0.15, -0.1) is 0 Å². The fourth-order valence-corrected chi connectivity index (χ4v) is 10.1. The molecule has 5 aliphatic rings. The summed E-state index contributed by atoms with van der Waals surface area (Å²) in [5.41, 5.74) is 0.238. The number of pyridine rings is 1. The molecule has 2 aliphatic carbocycles. The van der Waals surface area contributed by atoms with Crippen LogP contribution in [0.25, 0.3) is 10.9 Å². The van der Waals surface area contributed by atoms with Crippen molar-refractivity contribution in [2.45, 2.75) is 132 Å². The highest BCUT2D eigenvalue weighted by Gasteiger charge is 2.64. The number of allylic oxidation sites excluding steroid dienone is 1. The van der Waals surface area contributed by atoms with Gasteiger partial charge >= 0.3 is 0 Å². The van der Waals surface area contributed by atoms with E-state index in [1.54, 1.807) is 31.0 Å². The smallest absolute Gasteiger partial charge is 0.272 e. The molecule has 0 bridgehead atoms. The molecular formula is C42H53N7O8S. The Labute approximate surface area is 338 Å². The minimum atomic E-state index is -4.00. The highest BCUT2D eigenvalue weighted by Crippen LogP contribution is 2.49. The van der Waals surface area contributed by atoms with Crippen LogP contribution in [0.5, 0.6) is 11.5 Å². The van der Waals surface area contributed by atoms with Crippen molar-refractivity contribution in [1.82, 2.24) is 35.0 Å². The predicted molar refractivity (Wildman–Crippen MR) is 215 cm³/mol. The molecule has 5 unspecified atom stereocenters. The van der Waals surface area contributed by atoms with Crippen LogP contribution in [0.3, 0.4) is 0 Å². The highest BCUT2D eigenvalue weighted by atomic mass is 32.2. The van der Waals surface area contributed by atoms with Crippen molar-refractivity contribution < 1.29 is 37.1 Å². The average Bonchev–Trinajstić information content (AvgIpc) is 4.01. The molecule has 1 aromatic carbocycles. The molecule has 8 rings (SSSR count). The van der Waals surface area contributed by atoms with Crippen molar-refractivity contribution in [3.05, 3.63) is 59.6 Å². The van der Waals surface area contributed by atoms with E-state index < -0.39 is 67.5 Å². The Hall–Kier alpha value is -4.99. The number of fused-ring (bicyclic) bond motifs is 5. The maximum Gasteiger partial charge on any atom is 0.272 e. The number of nitrogens with zero attached hydrogens (tertiary/aromatic N) is 4. The number of hydrogen-bond donors (Lipinski definition) is 3. The second-order valence-electron chi connectivity index (χ2n) is 16.9. The zero-order valence-electron chi connectivity index (χ0n) is 33.6. The van der Waals surface area contributed by atoms with Gasteiger partial charge in [0, 0.05) is 36.0 Å². The largest absolute Gasteiger partial charge is 0.497 e. The normalized spacial score (nSPS) is 27.9. The van der Waals surface area contributed by atoms with Gasteiger partial charge < -0.3 is 25.0 Å². The molecule has 0 radical (unpaired) electrons. The van der Waals surface area contributed by atoms with E-state index in [1.165, 1.54) is 4.90 Å². The highest BCUT2D eigenvalue weighted by molar-refractivity contribution is 7.91. The van der Waals surface area contributed by atoms with Crippen LogP contribution in [0.4, 0.5) is 0 Å². The molecule has 2 aromatic heterocycles. The number of amides is 4. The minimum absolute atomic E-state index is 0.0504. The number of carbonyl (C=O) groups excluding carboxylic acids is 4. The molecule has 3 N–H and O–H groups in total. The van der Waals surface area contributed by atoms with Crippen LogP contribution < -0.4 is 24.8 Å². The third kappa shape index (κ3) is 7.21. The minimum Gasteiger partial charge on any atom is -0.497 e. The third-order valence-corrected chi connectivity index (χ3v) is 15.1. The summed E-state index contributed by atoms with van der Waals surface area (Å²) in [4.78, 5) is 63.8. The van der Waals surface area contributed by atoms with E-state index in [4.69, 9.17) is 14.5 Å². The van der Waals surface area contributed by atoms with E-state index >= 15 is 0 Å². The Balaban J connectivity index is 1.15. The topological polar surface area (TPSA) is 191 Å². The molecule has 3 fully saturated rings. The predicted octanol–water partition coefficient (Wildman–Crippen LogP) is 3.88. The number of hydrogen-bond acceptors (Lipinski definition) is 10. The summed E-state index contributed by atoms with van der Waals surface area (Å²) in [5, 5.41) is 11.2. The lowest BCUT2D eigenvalue weighted by molar-refractivity contribution is -0.141. The van der Waals surface area contributed by atoms with E-state index in [1.807, 2.05) is 44.2 Å². The molecule has 310 valence electrons. The van der Waals surface area contributed by atoms with Gasteiger partial charge in [-0.25, -0.2) is 13.4 Å².